The van der Waals surface area contributed by atoms with Crippen molar-refractivity contribution in [1.82, 2.24) is 4.98 Å². The molecule has 0 amide bonds. The Labute approximate surface area is 150 Å². The van der Waals surface area contributed by atoms with Gasteiger partial charge in [-0.1, -0.05) is 26.0 Å². The van der Waals surface area contributed by atoms with Gasteiger partial charge in [0.25, 0.3) is 0 Å². The maximum atomic E-state index is 12.3. The molecule has 3 rings (SSSR count). The monoisotopic (exact) mass is 364 g/mol. The molecule has 0 aliphatic carbocycles. The van der Waals surface area contributed by atoms with Crippen molar-refractivity contribution in [3.63, 3.8) is 0 Å². The van der Waals surface area contributed by atoms with E-state index < -0.39 is 36.7 Å². The summed E-state index contributed by atoms with van der Waals surface area (Å²) in [5.41, 5.74) is 1.72. The van der Waals surface area contributed by atoms with Crippen molar-refractivity contribution in [3.8, 4) is 5.75 Å². The van der Waals surface area contributed by atoms with E-state index in [9.17, 15) is 20.1 Å². The van der Waals surface area contributed by atoms with Gasteiger partial charge in [0, 0.05) is 5.39 Å². The minimum Gasteiger partial charge on any atom is -0.661 e. The van der Waals surface area contributed by atoms with Crippen LogP contribution >= 0.6 is 0 Å². The average molecular weight is 364 g/mol. The molecule has 8 heteroatoms. The lowest BCUT2D eigenvalue weighted by molar-refractivity contribution is -0.246. The molecule has 8 nitrogen and oxygen atoms in total. The zero-order valence-electron chi connectivity index (χ0n) is 14.5. The quantitative estimate of drug-likeness (QED) is 0.532. The molecule has 0 spiro atoms. The summed E-state index contributed by atoms with van der Waals surface area (Å²) in [4.78, 5) is 16.5. The van der Waals surface area contributed by atoms with Crippen LogP contribution in [0.25, 0.3) is 10.9 Å². The van der Waals surface area contributed by atoms with Gasteiger partial charge < -0.3 is 34.9 Å². The number of aliphatic hydroxyl groups is 4. The molecule has 1 aliphatic rings. The highest BCUT2D eigenvalue weighted by molar-refractivity contribution is 5.90. The molecule has 26 heavy (non-hydrogen) atoms. The molecule has 1 aromatic carbocycles. The predicted molar refractivity (Wildman–Crippen MR) is 90.4 cm³/mol. The number of nitrogens with zero attached hydrogens (tertiary/aromatic N) is 1. The van der Waals surface area contributed by atoms with E-state index in [-0.39, 0.29) is 5.75 Å². The number of rotatable bonds is 5. The van der Waals surface area contributed by atoms with E-state index in [1.165, 1.54) is 6.20 Å². The summed E-state index contributed by atoms with van der Waals surface area (Å²) in [6.45, 7) is 3.22. The van der Waals surface area contributed by atoms with Gasteiger partial charge in [0.1, 0.15) is 18.0 Å². The Hall–Kier alpha value is -1.97. The molecule has 1 aliphatic heterocycles. The van der Waals surface area contributed by atoms with Crippen molar-refractivity contribution in [2.24, 2.45) is 5.92 Å². The van der Waals surface area contributed by atoms with E-state index in [0.717, 1.165) is 12.0 Å². The number of aliphatic hydroxyl groups excluding tert-OH is 3. The first kappa shape index (κ1) is 18.8. The summed E-state index contributed by atoms with van der Waals surface area (Å²) in [6.07, 6.45) is -2.96. The van der Waals surface area contributed by atoms with Gasteiger partial charge in [-0.3, -0.25) is 0 Å². The highest BCUT2D eigenvalue weighted by Crippen LogP contribution is 2.32. The molecule has 2 aromatic rings. The Morgan fingerprint density at radius 2 is 2.12 bits per heavy atom. The van der Waals surface area contributed by atoms with Crippen LogP contribution in [0.2, 0.25) is 0 Å². The molecular weight excluding hydrogens is 342 g/mol. The maximum Gasteiger partial charge on any atom is 0.343 e. The maximum absolute atomic E-state index is 12.3. The van der Waals surface area contributed by atoms with Crippen LogP contribution in [-0.2, 0) is 16.0 Å². The summed E-state index contributed by atoms with van der Waals surface area (Å²) < 4.78 is 10.2. The Kier molecular flexibility index (Phi) is 5.05. The molecule has 0 radical (unpaired) electrons. The molecule has 4 N–H and O–H groups in total. The summed E-state index contributed by atoms with van der Waals surface area (Å²) in [7, 11) is 0. The molecule has 4 unspecified atom stereocenters. The molecule has 2 heterocycles. The summed E-state index contributed by atoms with van der Waals surface area (Å²) in [5, 5.41) is 39.3. The lowest BCUT2D eigenvalue weighted by Crippen LogP contribution is -2.46. The number of fused-ring (bicyclic) bond motifs is 1. The van der Waals surface area contributed by atoms with Crippen molar-refractivity contribution < 1.29 is 34.7 Å². The predicted octanol–water partition coefficient (Wildman–Crippen LogP) is -0.298. The first-order valence-electron chi connectivity index (χ1n) is 8.38. The Morgan fingerprint density at radius 3 is 2.73 bits per heavy atom. The van der Waals surface area contributed by atoms with Crippen LogP contribution in [0, 0.1) is 5.92 Å². The fourth-order valence-corrected chi connectivity index (χ4v) is 3.05. The highest BCUT2D eigenvalue weighted by atomic mass is 16.7. The van der Waals surface area contributed by atoms with Crippen LogP contribution in [0.1, 0.15) is 19.4 Å². The zero-order valence-corrected chi connectivity index (χ0v) is 14.5. The first-order chi connectivity index (χ1) is 12.2. The molecule has 1 fully saturated rings. The van der Waals surface area contributed by atoms with Gasteiger partial charge in [0.05, 0.1) is 6.61 Å². The van der Waals surface area contributed by atoms with Crippen LogP contribution in [0.15, 0.2) is 24.4 Å². The third-order valence-corrected chi connectivity index (χ3v) is 4.39. The zero-order chi connectivity index (χ0) is 19.1. The molecule has 4 atom stereocenters. The van der Waals surface area contributed by atoms with Crippen LogP contribution in [-0.4, -0.2) is 57.1 Å². The fraction of sp³-hybridized carbons (Fsp3) is 0.500. The number of benzene rings is 1. The second kappa shape index (κ2) is 6.98. The number of carbonyl (C=O) groups is 1. The smallest absolute Gasteiger partial charge is 0.343 e. The average Bonchev–Trinajstić information content (AvgIpc) is 3.09. The number of ether oxygens (including phenoxy) is 2. The second-order valence-corrected chi connectivity index (χ2v) is 6.97. The van der Waals surface area contributed by atoms with Crippen molar-refractivity contribution in [3.05, 3.63) is 30.0 Å². The van der Waals surface area contributed by atoms with Crippen LogP contribution < -0.4 is 9.72 Å². The summed E-state index contributed by atoms with van der Waals surface area (Å²) in [5.74, 6) is -2.76. The molecule has 0 saturated carbocycles. The standard InChI is InChI=1S/C18H22NO7/c1-9(2)5-10-3-4-12-11(6-10)13(7-19-12)25-17(23)15-14(21)16(22)18(24,8-20)26-15/h3-4,6-7,9,14-16,20-22,24H,5,8H2,1-2H3/q-1. The minimum atomic E-state index is -2.42. The van der Waals surface area contributed by atoms with Gasteiger partial charge in [0.15, 0.2) is 6.10 Å². The molecular formula is C18H22NO7-. The number of aromatic nitrogens is 1. The van der Waals surface area contributed by atoms with E-state index in [0.29, 0.717) is 16.8 Å². The van der Waals surface area contributed by atoms with Crippen molar-refractivity contribution in [2.75, 3.05) is 6.61 Å². The van der Waals surface area contributed by atoms with Crippen LogP contribution in [0.3, 0.4) is 0 Å². The Morgan fingerprint density at radius 1 is 1.38 bits per heavy atom. The molecule has 0 bridgehead atoms. The number of hydrogen-bond donors (Lipinski definition) is 4. The van der Waals surface area contributed by atoms with Gasteiger partial charge in [0.2, 0.25) is 5.79 Å². The normalized spacial score (nSPS) is 28.8. The first-order valence-corrected chi connectivity index (χ1v) is 8.38. The van der Waals surface area contributed by atoms with Crippen LogP contribution in [0.5, 0.6) is 5.75 Å². The second-order valence-electron chi connectivity index (χ2n) is 6.97. The topological polar surface area (TPSA) is 131 Å². The molecule has 142 valence electrons. The Bertz CT molecular complexity index is 802. The number of carbonyl (C=O) groups excluding carboxylic acids is 1. The van der Waals surface area contributed by atoms with Gasteiger partial charge in [-0.05, 0) is 24.0 Å². The number of esters is 1. The summed E-state index contributed by atoms with van der Waals surface area (Å²) >= 11 is 0. The van der Waals surface area contributed by atoms with E-state index in [2.05, 4.69) is 18.8 Å². The third-order valence-electron chi connectivity index (χ3n) is 4.39. The molecule has 1 aromatic heterocycles. The lowest BCUT2D eigenvalue weighted by Gasteiger charge is -2.22. The fourth-order valence-electron chi connectivity index (χ4n) is 3.05. The molecule has 1 saturated heterocycles. The van der Waals surface area contributed by atoms with Gasteiger partial charge >= 0.3 is 5.97 Å². The van der Waals surface area contributed by atoms with E-state index in [1.807, 2.05) is 18.2 Å². The van der Waals surface area contributed by atoms with Crippen molar-refractivity contribution in [2.45, 2.75) is 44.4 Å². The van der Waals surface area contributed by atoms with E-state index >= 15 is 0 Å². The van der Waals surface area contributed by atoms with Crippen LogP contribution in [0.4, 0.5) is 0 Å². The highest BCUT2D eigenvalue weighted by Gasteiger charge is 2.56. The summed E-state index contributed by atoms with van der Waals surface area (Å²) in [6, 6.07) is 5.68. The number of hydrogen-bond acceptors (Lipinski definition) is 7. The van der Waals surface area contributed by atoms with Gasteiger partial charge in [-0.2, -0.15) is 0 Å². The van der Waals surface area contributed by atoms with E-state index in [4.69, 9.17) is 14.6 Å². The lowest BCUT2D eigenvalue weighted by atomic mass is 10.0. The van der Waals surface area contributed by atoms with E-state index in [1.54, 1.807) is 0 Å². The third kappa shape index (κ3) is 3.34. The van der Waals surface area contributed by atoms with Gasteiger partial charge in [-0.15, -0.1) is 11.7 Å². The minimum absolute atomic E-state index is 0.195. The van der Waals surface area contributed by atoms with Crippen molar-refractivity contribution in [1.29, 1.82) is 0 Å². The van der Waals surface area contributed by atoms with Gasteiger partial charge in [-0.25, -0.2) is 4.79 Å². The SMILES string of the molecule is CC(C)Cc1ccc2[n-]cc(OC(=O)C3OC(O)(CO)C(O)C3O)c2c1. The largest absolute Gasteiger partial charge is 0.661 e. The van der Waals surface area contributed by atoms with Crippen molar-refractivity contribution >= 4 is 16.9 Å². The Balaban J connectivity index is 1.81.